The first-order chi connectivity index (χ1) is 13.1. The average molecular weight is 368 g/mol. The molecule has 9 nitrogen and oxygen atoms in total. The molecule has 2 heterocycles. The van der Waals surface area contributed by atoms with Crippen molar-refractivity contribution in [1.82, 2.24) is 30.4 Å². The van der Waals surface area contributed by atoms with Crippen LogP contribution in [0.15, 0.2) is 24.3 Å². The van der Waals surface area contributed by atoms with Crippen LogP contribution in [-0.2, 0) is 11.3 Å². The van der Waals surface area contributed by atoms with Gasteiger partial charge in [-0.25, -0.2) is 4.68 Å². The Labute approximate surface area is 155 Å². The van der Waals surface area contributed by atoms with Gasteiger partial charge in [0, 0.05) is 13.0 Å². The fourth-order valence-corrected chi connectivity index (χ4v) is 3.68. The number of tetrazole rings is 1. The van der Waals surface area contributed by atoms with E-state index in [-0.39, 0.29) is 37.2 Å². The van der Waals surface area contributed by atoms with E-state index in [9.17, 15) is 14.4 Å². The highest BCUT2D eigenvalue weighted by Crippen LogP contribution is 2.29. The van der Waals surface area contributed by atoms with Gasteiger partial charge in [0.2, 0.25) is 5.91 Å². The number of carbonyl (C=O) groups is 3. The number of amides is 3. The fraction of sp³-hybridized carbons (Fsp3) is 0.444. The normalized spacial score (nSPS) is 16.8. The molecule has 0 atom stereocenters. The van der Waals surface area contributed by atoms with Crippen molar-refractivity contribution in [1.29, 1.82) is 0 Å². The Morgan fingerprint density at radius 3 is 2.44 bits per heavy atom. The second-order valence-corrected chi connectivity index (χ2v) is 6.81. The van der Waals surface area contributed by atoms with Crippen LogP contribution in [0.1, 0.15) is 64.7 Å². The van der Waals surface area contributed by atoms with Crippen LogP contribution in [0, 0.1) is 0 Å². The van der Waals surface area contributed by atoms with Gasteiger partial charge in [-0.2, -0.15) is 0 Å². The molecular weight excluding hydrogens is 348 g/mol. The van der Waals surface area contributed by atoms with Gasteiger partial charge in [0.25, 0.3) is 11.8 Å². The van der Waals surface area contributed by atoms with E-state index in [0.717, 1.165) is 30.6 Å². The maximum Gasteiger partial charge on any atom is 0.261 e. The minimum Gasteiger partial charge on any atom is -0.349 e. The fourth-order valence-electron chi connectivity index (χ4n) is 3.68. The smallest absolute Gasteiger partial charge is 0.261 e. The number of carbonyl (C=O) groups excluding carboxylic acids is 3. The first kappa shape index (κ1) is 17.3. The van der Waals surface area contributed by atoms with Crippen LogP contribution in [0.5, 0.6) is 0 Å². The summed E-state index contributed by atoms with van der Waals surface area (Å²) in [6.45, 7) is 0.274. The number of hydrogen-bond donors (Lipinski definition) is 1. The highest BCUT2D eigenvalue weighted by molar-refractivity contribution is 6.21. The van der Waals surface area contributed by atoms with Gasteiger partial charge in [-0.05, 0) is 35.4 Å². The highest BCUT2D eigenvalue weighted by atomic mass is 16.2. The summed E-state index contributed by atoms with van der Waals surface area (Å²) >= 11 is 0. The van der Waals surface area contributed by atoms with Crippen molar-refractivity contribution < 1.29 is 14.4 Å². The van der Waals surface area contributed by atoms with Crippen LogP contribution in [0.25, 0.3) is 0 Å². The number of aromatic nitrogens is 4. The maximum atomic E-state index is 12.3. The molecule has 1 saturated carbocycles. The van der Waals surface area contributed by atoms with Gasteiger partial charge in [-0.3, -0.25) is 19.3 Å². The summed E-state index contributed by atoms with van der Waals surface area (Å²) in [6, 6.07) is 6.98. The molecule has 0 bridgehead atoms. The molecule has 2 aliphatic rings. The third-order valence-corrected chi connectivity index (χ3v) is 5.12. The van der Waals surface area contributed by atoms with E-state index >= 15 is 0 Å². The van der Waals surface area contributed by atoms with E-state index in [0.29, 0.717) is 23.0 Å². The standard InChI is InChI=1S/C18H20N6O3/c25-16(19-11-15-20-21-22-24(15)12-5-1-2-6-12)9-10-23-17(26)13-7-3-4-8-14(13)18(23)27/h3-4,7-8,12H,1-2,5-6,9-11H2,(H,19,25). The molecule has 0 radical (unpaired) electrons. The predicted octanol–water partition coefficient (Wildman–Crippen LogP) is 1.09. The van der Waals surface area contributed by atoms with Crippen molar-refractivity contribution in [2.24, 2.45) is 0 Å². The van der Waals surface area contributed by atoms with Crippen LogP contribution in [0.3, 0.4) is 0 Å². The molecule has 1 aliphatic heterocycles. The Kier molecular flexibility index (Phi) is 4.66. The molecule has 2 aromatic rings. The van der Waals surface area contributed by atoms with Crippen molar-refractivity contribution in [3.8, 4) is 0 Å². The van der Waals surface area contributed by atoms with E-state index in [4.69, 9.17) is 0 Å². The summed E-state index contributed by atoms with van der Waals surface area (Å²) in [5, 5.41) is 14.5. The summed E-state index contributed by atoms with van der Waals surface area (Å²) in [5.41, 5.74) is 0.775. The molecule has 1 fully saturated rings. The zero-order chi connectivity index (χ0) is 18.8. The minimum absolute atomic E-state index is 0.0382. The lowest BCUT2D eigenvalue weighted by molar-refractivity contribution is -0.121. The lowest BCUT2D eigenvalue weighted by atomic mass is 10.1. The van der Waals surface area contributed by atoms with Gasteiger partial charge in [-0.1, -0.05) is 25.0 Å². The Hall–Kier alpha value is -3.10. The third kappa shape index (κ3) is 3.32. The van der Waals surface area contributed by atoms with Gasteiger partial charge in [0.05, 0.1) is 23.7 Å². The van der Waals surface area contributed by atoms with Crippen LogP contribution in [0.4, 0.5) is 0 Å². The van der Waals surface area contributed by atoms with Gasteiger partial charge >= 0.3 is 0 Å². The molecule has 0 unspecified atom stereocenters. The first-order valence-corrected chi connectivity index (χ1v) is 9.14. The van der Waals surface area contributed by atoms with E-state index < -0.39 is 0 Å². The average Bonchev–Trinajstić information content (AvgIpc) is 3.40. The predicted molar refractivity (Wildman–Crippen MR) is 93.6 cm³/mol. The van der Waals surface area contributed by atoms with Crippen LogP contribution >= 0.6 is 0 Å². The molecular formula is C18H20N6O3. The molecule has 4 rings (SSSR count). The Morgan fingerprint density at radius 1 is 1.11 bits per heavy atom. The molecule has 1 aliphatic carbocycles. The SMILES string of the molecule is O=C(CCN1C(=O)c2ccccc2C1=O)NCc1nnnn1C1CCCC1. The van der Waals surface area contributed by atoms with Gasteiger partial charge in [0.15, 0.2) is 5.82 Å². The van der Waals surface area contributed by atoms with Gasteiger partial charge in [0.1, 0.15) is 0 Å². The minimum atomic E-state index is -0.353. The van der Waals surface area contributed by atoms with Crippen LogP contribution < -0.4 is 5.32 Å². The lowest BCUT2D eigenvalue weighted by Gasteiger charge is -2.14. The highest BCUT2D eigenvalue weighted by Gasteiger charge is 2.35. The zero-order valence-electron chi connectivity index (χ0n) is 14.8. The summed E-state index contributed by atoms with van der Waals surface area (Å²) in [7, 11) is 0. The lowest BCUT2D eigenvalue weighted by Crippen LogP contribution is -2.34. The van der Waals surface area contributed by atoms with Crippen molar-refractivity contribution in [3.63, 3.8) is 0 Å². The van der Waals surface area contributed by atoms with Gasteiger partial charge in [-0.15, -0.1) is 5.10 Å². The molecule has 1 N–H and O–H groups in total. The Bertz CT molecular complexity index is 852. The number of hydrogen-bond acceptors (Lipinski definition) is 6. The first-order valence-electron chi connectivity index (χ1n) is 9.14. The Balaban J connectivity index is 1.31. The summed E-state index contributed by atoms with van der Waals surface area (Å²) in [6.07, 6.45) is 4.46. The molecule has 3 amide bonds. The molecule has 0 spiro atoms. The Morgan fingerprint density at radius 2 is 1.78 bits per heavy atom. The summed E-state index contributed by atoms with van der Waals surface area (Å²) in [4.78, 5) is 37.9. The molecule has 0 saturated heterocycles. The van der Waals surface area contributed by atoms with E-state index in [1.54, 1.807) is 28.9 Å². The van der Waals surface area contributed by atoms with Crippen LogP contribution in [0.2, 0.25) is 0 Å². The number of fused-ring (bicyclic) bond motifs is 1. The van der Waals surface area contributed by atoms with Crippen LogP contribution in [-0.4, -0.2) is 49.4 Å². The molecule has 27 heavy (non-hydrogen) atoms. The summed E-state index contributed by atoms with van der Waals surface area (Å²) < 4.78 is 1.79. The van der Waals surface area contributed by atoms with Crippen molar-refractivity contribution in [2.45, 2.75) is 44.7 Å². The summed E-state index contributed by atoms with van der Waals surface area (Å²) in [5.74, 6) is -0.342. The number of rotatable bonds is 6. The second kappa shape index (κ2) is 7.26. The number of nitrogens with zero attached hydrogens (tertiary/aromatic N) is 5. The molecule has 1 aromatic heterocycles. The van der Waals surface area contributed by atoms with Gasteiger partial charge < -0.3 is 5.32 Å². The second-order valence-electron chi connectivity index (χ2n) is 6.81. The molecule has 140 valence electrons. The van der Waals surface area contributed by atoms with Crippen molar-refractivity contribution in [2.75, 3.05) is 6.54 Å². The zero-order valence-corrected chi connectivity index (χ0v) is 14.8. The maximum absolute atomic E-state index is 12.3. The van der Waals surface area contributed by atoms with Crippen molar-refractivity contribution in [3.05, 3.63) is 41.2 Å². The number of benzene rings is 1. The third-order valence-electron chi connectivity index (χ3n) is 5.12. The van der Waals surface area contributed by atoms with E-state index in [1.807, 2.05) is 0 Å². The van der Waals surface area contributed by atoms with Crippen molar-refractivity contribution >= 4 is 17.7 Å². The monoisotopic (exact) mass is 368 g/mol. The number of imide groups is 1. The molecule has 1 aromatic carbocycles. The number of nitrogens with one attached hydrogen (secondary N) is 1. The topological polar surface area (TPSA) is 110 Å². The largest absolute Gasteiger partial charge is 0.349 e. The van der Waals surface area contributed by atoms with E-state index in [1.165, 1.54) is 0 Å². The quantitative estimate of drug-likeness (QED) is 0.764. The molecule has 9 heteroatoms. The van der Waals surface area contributed by atoms with E-state index in [2.05, 4.69) is 20.8 Å².